The molecule has 3 fully saturated rings. The molecule has 3 amide bonds. The molecule has 4 aliphatic heterocycles. The molecule has 6 nitrogen and oxygen atoms in total. The summed E-state index contributed by atoms with van der Waals surface area (Å²) in [5.41, 5.74) is 4.29. The van der Waals surface area contributed by atoms with Crippen molar-refractivity contribution < 1.29 is 14.4 Å². The summed E-state index contributed by atoms with van der Waals surface area (Å²) in [4.78, 5) is 44.8. The molecule has 2 aromatic carbocycles. The minimum absolute atomic E-state index is 0.0878. The average molecular weight is 415 g/mol. The van der Waals surface area contributed by atoms with E-state index >= 15 is 0 Å². The van der Waals surface area contributed by atoms with Gasteiger partial charge in [0.05, 0.1) is 17.5 Å². The largest absolute Gasteiger partial charge is 0.324 e. The third kappa shape index (κ3) is 2.13. The molecule has 158 valence electrons. The second kappa shape index (κ2) is 6.04. The summed E-state index contributed by atoms with van der Waals surface area (Å²) in [6.07, 6.45) is 1.76. The van der Waals surface area contributed by atoms with E-state index in [0.29, 0.717) is 5.69 Å². The van der Waals surface area contributed by atoms with Crippen molar-refractivity contribution in [1.82, 2.24) is 4.90 Å². The van der Waals surface area contributed by atoms with Crippen LogP contribution < -0.4 is 10.2 Å². The van der Waals surface area contributed by atoms with Crippen LogP contribution in [-0.2, 0) is 19.9 Å². The van der Waals surface area contributed by atoms with E-state index in [1.54, 1.807) is 0 Å². The molecule has 4 heterocycles. The fourth-order valence-electron chi connectivity index (χ4n) is 6.44. The summed E-state index contributed by atoms with van der Waals surface area (Å²) in [5.74, 6) is -1.78. The van der Waals surface area contributed by atoms with Crippen LogP contribution >= 0.6 is 0 Å². The van der Waals surface area contributed by atoms with Gasteiger partial charge in [-0.2, -0.15) is 0 Å². The quantitative estimate of drug-likeness (QED) is 0.727. The second-order valence-electron chi connectivity index (χ2n) is 9.46. The first-order valence-electron chi connectivity index (χ1n) is 11.0. The van der Waals surface area contributed by atoms with E-state index in [9.17, 15) is 14.4 Å². The highest BCUT2D eigenvalue weighted by molar-refractivity contribution is 6.25. The number of amides is 3. The molecule has 0 aliphatic carbocycles. The minimum Gasteiger partial charge on any atom is -0.324 e. The van der Waals surface area contributed by atoms with Gasteiger partial charge < -0.3 is 5.32 Å². The van der Waals surface area contributed by atoms with Gasteiger partial charge in [0.25, 0.3) is 0 Å². The fourth-order valence-corrected chi connectivity index (χ4v) is 6.44. The van der Waals surface area contributed by atoms with Crippen LogP contribution in [0.15, 0.2) is 36.4 Å². The number of aryl methyl sites for hydroxylation is 3. The Balaban J connectivity index is 1.56. The topological polar surface area (TPSA) is 69.7 Å². The molecule has 4 aliphatic rings. The summed E-state index contributed by atoms with van der Waals surface area (Å²) >= 11 is 0. The van der Waals surface area contributed by atoms with Gasteiger partial charge in [-0.3, -0.25) is 19.3 Å². The van der Waals surface area contributed by atoms with Crippen LogP contribution in [0.3, 0.4) is 0 Å². The van der Waals surface area contributed by atoms with Gasteiger partial charge in [0.15, 0.2) is 0 Å². The van der Waals surface area contributed by atoms with Crippen molar-refractivity contribution in [3.63, 3.8) is 0 Å². The van der Waals surface area contributed by atoms with Gasteiger partial charge in [-0.15, -0.1) is 0 Å². The van der Waals surface area contributed by atoms with Gasteiger partial charge in [0.1, 0.15) is 5.54 Å². The Hall–Kier alpha value is -2.99. The number of nitrogens with zero attached hydrogens (tertiary/aromatic N) is 2. The maximum atomic E-state index is 13.9. The Morgan fingerprint density at radius 1 is 0.968 bits per heavy atom. The summed E-state index contributed by atoms with van der Waals surface area (Å²) in [7, 11) is 0. The lowest BCUT2D eigenvalue weighted by molar-refractivity contribution is -0.135. The van der Waals surface area contributed by atoms with E-state index < -0.39 is 17.4 Å². The number of hydrogen-bond acceptors (Lipinski definition) is 4. The standard InChI is InChI=1S/C25H25N3O3/c1-13-6-9-18-17(11-13)25(24(31)26-18)21-20(19-5-4-10-27(19)25)22(29)28(23(21)30)16-8-7-14(2)15(3)12-16/h6-9,11-12,19-21H,4-5,10H2,1-3H3,(H,26,31)/t19-,20+,21+,25-/m1/s1. The van der Waals surface area contributed by atoms with E-state index in [0.717, 1.165) is 47.3 Å². The zero-order valence-electron chi connectivity index (χ0n) is 17.9. The third-order valence-corrected chi connectivity index (χ3v) is 7.90. The van der Waals surface area contributed by atoms with E-state index in [2.05, 4.69) is 10.2 Å². The van der Waals surface area contributed by atoms with E-state index in [1.807, 2.05) is 57.2 Å². The number of hydrogen-bond donors (Lipinski definition) is 1. The maximum absolute atomic E-state index is 13.9. The van der Waals surface area contributed by atoms with Gasteiger partial charge in [-0.25, -0.2) is 4.90 Å². The predicted molar refractivity (Wildman–Crippen MR) is 117 cm³/mol. The fraction of sp³-hybridized carbons (Fsp3) is 0.400. The van der Waals surface area contributed by atoms with Crippen LogP contribution in [-0.4, -0.2) is 35.2 Å². The molecule has 6 rings (SSSR count). The molecule has 1 N–H and O–H groups in total. The lowest BCUT2D eigenvalue weighted by atomic mass is 9.75. The Morgan fingerprint density at radius 2 is 1.77 bits per heavy atom. The number of nitrogens with one attached hydrogen (secondary N) is 1. The summed E-state index contributed by atoms with van der Waals surface area (Å²) in [6, 6.07) is 11.5. The Bertz CT molecular complexity index is 1190. The highest BCUT2D eigenvalue weighted by Crippen LogP contribution is 2.60. The first-order chi connectivity index (χ1) is 14.9. The van der Waals surface area contributed by atoms with Gasteiger partial charge in [-0.1, -0.05) is 23.8 Å². The molecule has 6 heteroatoms. The van der Waals surface area contributed by atoms with Crippen LogP contribution in [0.2, 0.25) is 0 Å². The number of rotatable bonds is 1. The predicted octanol–water partition coefficient (Wildman–Crippen LogP) is 3.04. The SMILES string of the molecule is Cc1ccc2c(c1)[C@]1(C(=O)N2)[C@@H]2C(=O)N(c3ccc(C)c(C)c3)C(=O)[C@H]2[C@H]2CCCN21. The van der Waals surface area contributed by atoms with Crippen LogP contribution in [0.25, 0.3) is 0 Å². The molecule has 0 saturated carbocycles. The smallest absolute Gasteiger partial charge is 0.250 e. The zero-order chi connectivity index (χ0) is 21.7. The zero-order valence-corrected chi connectivity index (χ0v) is 17.9. The van der Waals surface area contributed by atoms with Gasteiger partial charge in [0, 0.05) is 17.3 Å². The van der Waals surface area contributed by atoms with Crippen LogP contribution in [0.4, 0.5) is 11.4 Å². The monoisotopic (exact) mass is 415 g/mol. The van der Waals surface area contributed by atoms with Crippen LogP contribution in [0.1, 0.15) is 35.1 Å². The van der Waals surface area contributed by atoms with Gasteiger partial charge in [0.2, 0.25) is 17.7 Å². The molecule has 4 atom stereocenters. The van der Waals surface area contributed by atoms with Crippen molar-refractivity contribution in [3.8, 4) is 0 Å². The molecular weight excluding hydrogens is 390 g/mol. The maximum Gasteiger partial charge on any atom is 0.250 e. The second-order valence-corrected chi connectivity index (χ2v) is 9.46. The molecule has 2 aromatic rings. The van der Waals surface area contributed by atoms with Crippen molar-refractivity contribution in [2.45, 2.75) is 45.2 Å². The highest BCUT2D eigenvalue weighted by atomic mass is 16.2. The highest BCUT2D eigenvalue weighted by Gasteiger charge is 2.74. The molecule has 0 unspecified atom stereocenters. The third-order valence-electron chi connectivity index (χ3n) is 7.90. The molecule has 3 saturated heterocycles. The Morgan fingerprint density at radius 3 is 2.55 bits per heavy atom. The van der Waals surface area contributed by atoms with Crippen LogP contribution in [0, 0.1) is 32.6 Å². The molecule has 0 bridgehead atoms. The lowest BCUT2D eigenvalue weighted by Crippen LogP contribution is -2.54. The summed E-state index contributed by atoms with van der Waals surface area (Å²) in [5, 5.41) is 3.03. The van der Waals surface area contributed by atoms with E-state index in [-0.39, 0.29) is 23.8 Å². The van der Waals surface area contributed by atoms with Crippen molar-refractivity contribution in [2.24, 2.45) is 11.8 Å². The first-order valence-corrected chi connectivity index (χ1v) is 11.0. The summed E-state index contributed by atoms with van der Waals surface area (Å²) in [6.45, 7) is 6.71. The lowest BCUT2D eigenvalue weighted by Gasteiger charge is -2.36. The number of carbonyl (C=O) groups excluding carboxylic acids is 3. The molecular formula is C25H25N3O3. The number of benzene rings is 2. The van der Waals surface area contributed by atoms with Crippen LogP contribution in [0.5, 0.6) is 0 Å². The number of carbonyl (C=O) groups is 3. The molecule has 1 spiro atoms. The van der Waals surface area contributed by atoms with E-state index in [1.165, 1.54) is 4.90 Å². The van der Waals surface area contributed by atoms with Gasteiger partial charge in [-0.05, 0) is 69.5 Å². The van der Waals surface area contributed by atoms with Crippen molar-refractivity contribution in [1.29, 1.82) is 0 Å². The number of imide groups is 1. The Kier molecular flexibility index (Phi) is 3.65. The normalized spacial score (nSPS) is 31.4. The van der Waals surface area contributed by atoms with Crippen molar-refractivity contribution in [3.05, 3.63) is 58.7 Å². The van der Waals surface area contributed by atoms with E-state index in [4.69, 9.17) is 0 Å². The average Bonchev–Trinajstić information content (AvgIpc) is 3.43. The van der Waals surface area contributed by atoms with Crippen molar-refractivity contribution >= 4 is 29.1 Å². The molecule has 0 aromatic heterocycles. The van der Waals surface area contributed by atoms with Gasteiger partial charge >= 0.3 is 0 Å². The summed E-state index contributed by atoms with van der Waals surface area (Å²) < 4.78 is 0. The molecule has 31 heavy (non-hydrogen) atoms. The molecule has 0 radical (unpaired) electrons. The number of anilines is 2. The Labute approximate surface area is 181 Å². The minimum atomic E-state index is -1.10. The van der Waals surface area contributed by atoms with Crippen molar-refractivity contribution in [2.75, 3.05) is 16.8 Å². The first kappa shape index (κ1) is 18.8. The number of fused-ring (bicyclic) bond motifs is 7.